The summed E-state index contributed by atoms with van der Waals surface area (Å²) in [4.78, 5) is 18.0. The summed E-state index contributed by atoms with van der Waals surface area (Å²) < 4.78 is 1.64. The highest BCUT2D eigenvalue weighted by Crippen LogP contribution is 2.33. The maximum atomic E-state index is 13.1. The number of hydrogen-bond donors (Lipinski definition) is 1. The molecule has 0 spiro atoms. The van der Waals surface area contributed by atoms with Gasteiger partial charge in [0.15, 0.2) is 0 Å². The smallest absolute Gasteiger partial charge is 0.277 e. The van der Waals surface area contributed by atoms with E-state index in [1.807, 2.05) is 6.92 Å². The van der Waals surface area contributed by atoms with Crippen molar-refractivity contribution in [1.82, 2.24) is 9.55 Å². The zero-order valence-corrected chi connectivity index (χ0v) is 17.6. The van der Waals surface area contributed by atoms with E-state index in [2.05, 4.69) is 31.3 Å². The summed E-state index contributed by atoms with van der Waals surface area (Å²) in [5.41, 5.74) is 4.95. The van der Waals surface area contributed by atoms with Crippen molar-refractivity contribution in [3.05, 3.63) is 44.3 Å². The lowest BCUT2D eigenvalue weighted by atomic mass is 9.90. The number of rotatable bonds is 6. The molecule has 0 saturated heterocycles. The van der Waals surface area contributed by atoms with Crippen LogP contribution in [0, 0.1) is 0 Å². The number of nitrogens with zero attached hydrogens (tertiary/aromatic N) is 2. The third-order valence-corrected chi connectivity index (χ3v) is 6.02. The van der Waals surface area contributed by atoms with Crippen LogP contribution >= 0.6 is 11.6 Å². The second-order valence-electron chi connectivity index (χ2n) is 7.44. The Bertz CT molecular complexity index is 884. The van der Waals surface area contributed by atoms with Gasteiger partial charge in [0.25, 0.3) is 5.56 Å². The molecule has 0 fully saturated rings. The fraction of sp³-hybridized carbons (Fsp3) is 0.545. The molecule has 1 aromatic carbocycles. The minimum absolute atomic E-state index is 0.0301. The molecule has 4 nitrogen and oxygen atoms in total. The van der Waals surface area contributed by atoms with Gasteiger partial charge in [-0.15, -0.1) is 0 Å². The fourth-order valence-electron chi connectivity index (χ4n) is 3.91. The highest BCUT2D eigenvalue weighted by molar-refractivity contribution is 6.33. The van der Waals surface area contributed by atoms with Crippen molar-refractivity contribution in [3.63, 3.8) is 0 Å². The fourth-order valence-corrected chi connectivity index (χ4v) is 4.18. The van der Waals surface area contributed by atoms with E-state index in [9.17, 15) is 4.79 Å². The molecule has 1 aliphatic rings. The van der Waals surface area contributed by atoms with Crippen LogP contribution < -0.4 is 10.9 Å². The summed E-state index contributed by atoms with van der Waals surface area (Å²) in [5.74, 6) is 0.658. The number of fused-ring (bicyclic) bond motifs is 1. The summed E-state index contributed by atoms with van der Waals surface area (Å²) >= 11 is 6.61. The first-order valence-electron chi connectivity index (χ1n) is 10.2. The quantitative estimate of drug-likeness (QED) is 0.746. The highest BCUT2D eigenvalue weighted by Gasteiger charge is 2.20. The Balaban J connectivity index is 2.12. The molecule has 5 heteroatoms. The van der Waals surface area contributed by atoms with Gasteiger partial charge in [-0.25, -0.2) is 4.98 Å². The van der Waals surface area contributed by atoms with Crippen LogP contribution in [0.2, 0.25) is 5.02 Å². The van der Waals surface area contributed by atoms with Gasteiger partial charge >= 0.3 is 0 Å². The van der Waals surface area contributed by atoms with Crippen LogP contribution in [-0.2, 0) is 26.3 Å². The maximum absolute atomic E-state index is 13.1. The van der Waals surface area contributed by atoms with Crippen molar-refractivity contribution in [2.75, 3.05) is 5.32 Å². The van der Waals surface area contributed by atoms with E-state index in [1.165, 1.54) is 24.0 Å². The topological polar surface area (TPSA) is 46.9 Å². The number of benzene rings is 1. The normalized spacial score (nSPS) is 13.7. The molecule has 1 N–H and O–H groups in total. The van der Waals surface area contributed by atoms with Crippen molar-refractivity contribution >= 4 is 17.3 Å². The van der Waals surface area contributed by atoms with Crippen molar-refractivity contribution in [1.29, 1.82) is 0 Å². The monoisotopic (exact) mass is 387 g/mol. The van der Waals surface area contributed by atoms with E-state index >= 15 is 0 Å². The second-order valence-corrected chi connectivity index (χ2v) is 7.85. The molecular weight excluding hydrogens is 358 g/mol. The Morgan fingerprint density at radius 3 is 2.37 bits per heavy atom. The second kappa shape index (κ2) is 8.47. The minimum atomic E-state index is -0.0301. The molecule has 0 bridgehead atoms. The Labute approximate surface area is 167 Å². The molecule has 0 saturated carbocycles. The molecule has 1 aromatic heterocycles. The first kappa shape index (κ1) is 19.9. The molecule has 1 aliphatic carbocycles. The molecule has 1 heterocycles. The van der Waals surface area contributed by atoms with E-state index in [1.54, 1.807) is 11.6 Å². The van der Waals surface area contributed by atoms with Gasteiger partial charge in [-0.2, -0.15) is 0 Å². The lowest BCUT2D eigenvalue weighted by Gasteiger charge is -2.21. The van der Waals surface area contributed by atoms with Crippen molar-refractivity contribution in [3.8, 4) is 11.4 Å². The van der Waals surface area contributed by atoms with Crippen LogP contribution in [0.15, 0.2) is 16.9 Å². The first-order chi connectivity index (χ1) is 13.0. The van der Waals surface area contributed by atoms with Gasteiger partial charge in [0.2, 0.25) is 0 Å². The number of anilines is 1. The molecule has 146 valence electrons. The number of hydrogen-bond acceptors (Lipinski definition) is 3. The van der Waals surface area contributed by atoms with Gasteiger partial charge in [-0.05, 0) is 68.2 Å². The van der Waals surface area contributed by atoms with E-state index in [0.29, 0.717) is 23.0 Å². The van der Waals surface area contributed by atoms with Gasteiger partial charge in [-0.1, -0.05) is 32.4 Å². The molecule has 0 aliphatic heterocycles. The third-order valence-electron chi connectivity index (χ3n) is 5.71. The van der Waals surface area contributed by atoms with Gasteiger partial charge in [0.05, 0.1) is 10.7 Å². The lowest BCUT2D eigenvalue weighted by Crippen LogP contribution is -2.30. The number of halogens is 1. The van der Waals surface area contributed by atoms with Crippen LogP contribution in [0.5, 0.6) is 0 Å². The predicted molar refractivity (Wildman–Crippen MR) is 114 cm³/mol. The van der Waals surface area contributed by atoms with Crippen molar-refractivity contribution in [2.45, 2.75) is 71.8 Å². The van der Waals surface area contributed by atoms with E-state index in [4.69, 9.17) is 16.6 Å². The molecule has 0 unspecified atom stereocenters. The van der Waals surface area contributed by atoms with Crippen molar-refractivity contribution in [2.24, 2.45) is 7.05 Å². The van der Waals surface area contributed by atoms with Gasteiger partial charge in [0, 0.05) is 18.7 Å². The molecule has 0 amide bonds. The molecule has 0 radical (unpaired) electrons. The van der Waals surface area contributed by atoms with Crippen LogP contribution in [0.4, 0.5) is 5.69 Å². The lowest BCUT2D eigenvalue weighted by molar-refractivity contribution is 0.664. The molecular formula is C22H30ClN3O. The standard InChI is InChI=1S/C22H30ClN3O/c1-5-16(6-2)24-20-19(7-3)25-21(26(4)22(20)27)17-12-14-10-8-9-11-15(14)13-18(17)23/h12-13,16,24H,5-11H2,1-4H3. The zero-order chi connectivity index (χ0) is 19.6. The predicted octanol–water partition coefficient (Wildman–Crippen LogP) is 5.14. The largest absolute Gasteiger partial charge is 0.376 e. The summed E-state index contributed by atoms with van der Waals surface area (Å²) in [5, 5.41) is 4.10. The van der Waals surface area contributed by atoms with Gasteiger partial charge < -0.3 is 5.32 Å². The minimum Gasteiger partial charge on any atom is -0.376 e. The molecule has 3 rings (SSSR count). The third kappa shape index (κ3) is 3.91. The average Bonchev–Trinajstić information content (AvgIpc) is 2.69. The summed E-state index contributed by atoms with van der Waals surface area (Å²) in [7, 11) is 1.79. The highest BCUT2D eigenvalue weighted by atomic mass is 35.5. The van der Waals surface area contributed by atoms with Gasteiger partial charge in [-0.3, -0.25) is 9.36 Å². The van der Waals surface area contributed by atoms with Crippen molar-refractivity contribution < 1.29 is 0 Å². The molecule has 2 aromatic rings. The molecule has 27 heavy (non-hydrogen) atoms. The first-order valence-corrected chi connectivity index (χ1v) is 10.6. The Morgan fingerprint density at radius 2 is 1.78 bits per heavy atom. The average molecular weight is 388 g/mol. The summed E-state index contributed by atoms with van der Waals surface area (Å²) in [6.07, 6.45) is 7.23. The van der Waals surface area contributed by atoms with Crippen LogP contribution in [0.25, 0.3) is 11.4 Å². The Kier molecular flexibility index (Phi) is 6.25. The van der Waals surface area contributed by atoms with Crippen LogP contribution in [-0.4, -0.2) is 15.6 Å². The molecule has 0 atom stereocenters. The number of nitrogens with one attached hydrogen (secondary N) is 1. The van der Waals surface area contributed by atoms with E-state index < -0.39 is 0 Å². The SMILES string of the molecule is CCc1nc(-c2cc3c(cc2Cl)CCCC3)n(C)c(=O)c1NC(CC)CC. The van der Waals surface area contributed by atoms with E-state index in [-0.39, 0.29) is 11.6 Å². The van der Waals surface area contributed by atoms with E-state index in [0.717, 1.165) is 36.9 Å². The summed E-state index contributed by atoms with van der Waals surface area (Å²) in [6.45, 7) is 6.30. The Hall–Kier alpha value is -1.81. The number of aromatic nitrogens is 2. The zero-order valence-electron chi connectivity index (χ0n) is 16.9. The maximum Gasteiger partial charge on any atom is 0.277 e. The Morgan fingerprint density at radius 1 is 1.15 bits per heavy atom. The van der Waals surface area contributed by atoms with Crippen LogP contribution in [0.1, 0.15) is 63.3 Å². The number of aryl methyl sites for hydroxylation is 3. The van der Waals surface area contributed by atoms with Gasteiger partial charge in [0.1, 0.15) is 11.5 Å². The summed E-state index contributed by atoms with van der Waals surface area (Å²) in [6, 6.07) is 4.49. The van der Waals surface area contributed by atoms with Crippen LogP contribution in [0.3, 0.4) is 0 Å².